The molecule has 2 unspecified atom stereocenters. The highest BCUT2D eigenvalue weighted by Gasteiger charge is 2.30. The van der Waals surface area contributed by atoms with Crippen LogP contribution in [0.4, 0.5) is 5.69 Å². The summed E-state index contributed by atoms with van der Waals surface area (Å²) in [6, 6.07) is 6.93. The number of benzene rings is 1. The molecule has 0 saturated heterocycles. The van der Waals surface area contributed by atoms with Gasteiger partial charge in [0.1, 0.15) is 0 Å². The van der Waals surface area contributed by atoms with E-state index in [-0.39, 0.29) is 18.4 Å². The fourth-order valence-corrected chi connectivity index (χ4v) is 2.92. The topological polar surface area (TPSA) is 92.4 Å². The third-order valence-electron chi connectivity index (χ3n) is 4.00. The maximum absolute atomic E-state index is 12.1. The fraction of sp³-hybridized carbons (Fsp3) is 0.500. The van der Waals surface area contributed by atoms with Crippen molar-refractivity contribution in [2.24, 2.45) is 5.92 Å². The maximum Gasteiger partial charge on any atom is 0.308 e. The minimum atomic E-state index is -0.814. The van der Waals surface area contributed by atoms with Crippen LogP contribution in [-0.2, 0) is 16.0 Å². The summed E-state index contributed by atoms with van der Waals surface area (Å²) in [7, 11) is 0. The van der Waals surface area contributed by atoms with Gasteiger partial charge in [-0.05, 0) is 30.5 Å². The number of carboxylic acid groups (broad SMARTS) is 1. The third kappa shape index (κ3) is 4.48. The first kappa shape index (κ1) is 15.4. The number of nitrogen functional groups attached to an aromatic ring is 1. The number of hydrogen-bond acceptors (Lipinski definition) is 3. The fourth-order valence-electron chi connectivity index (χ4n) is 2.92. The SMILES string of the molecule is Nc1cccc(CC(=O)NC2CCCCCC2C(=O)O)c1. The van der Waals surface area contributed by atoms with Crippen molar-refractivity contribution in [3.8, 4) is 0 Å². The van der Waals surface area contributed by atoms with E-state index in [0.717, 1.165) is 31.2 Å². The van der Waals surface area contributed by atoms with Gasteiger partial charge in [-0.2, -0.15) is 0 Å². The molecule has 1 aromatic carbocycles. The van der Waals surface area contributed by atoms with Crippen molar-refractivity contribution in [2.75, 3.05) is 5.73 Å². The van der Waals surface area contributed by atoms with Crippen molar-refractivity contribution in [3.05, 3.63) is 29.8 Å². The van der Waals surface area contributed by atoms with Crippen LogP contribution in [0.3, 0.4) is 0 Å². The summed E-state index contributed by atoms with van der Waals surface area (Å²) in [6.07, 6.45) is 4.52. The lowest BCUT2D eigenvalue weighted by Gasteiger charge is -2.22. The number of carboxylic acids is 1. The van der Waals surface area contributed by atoms with E-state index >= 15 is 0 Å². The monoisotopic (exact) mass is 290 g/mol. The Morgan fingerprint density at radius 1 is 1.24 bits per heavy atom. The van der Waals surface area contributed by atoms with Crippen LogP contribution in [0, 0.1) is 5.92 Å². The summed E-state index contributed by atoms with van der Waals surface area (Å²) in [5, 5.41) is 12.2. The molecule has 1 aromatic rings. The smallest absolute Gasteiger partial charge is 0.308 e. The van der Waals surface area contributed by atoms with Gasteiger partial charge in [-0.15, -0.1) is 0 Å². The number of hydrogen-bond donors (Lipinski definition) is 3. The summed E-state index contributed by atoms with van der Waals surface area (Å²) in [6.45, 7) is 0. The standard InChI is InChI=1S/C16H22N2O3/c17-12-6-4-5-11(9-12)10-15(19)18-14-8-3-1-2-7-13(14)16(20)21/h4-6,9,13-14H,1-3,7-8,10,17H2,(H,18,19)(H,20,21). The molecule has 1 aliphatic rings. The Morgan fingerprint density at radius 2 is 2.00 bits per heavy atom. The molecule has 0 aliphatic heterocycles. The highest BCUT2D eigenvalue weighted by atomic mass is 16.4. The summed E-state index contributed by atoms with van der Waals surface area (Å²) < 4.78 is 0. The molecular weight excluding hydrogens is 268 g/mol. The Hall–Kier alpha value is -2.04. The van der Waals surface area contributed by atoms with Crippen molar-refractivity contribution in [3.63, 3.8) is 0 Å². The van der Waals surface area contributed by atoms with Gasteiger partial charge in [0, 0.05) is 11.7 Å². The van der Waals surface area contributed by atoms with Crippen molar-refractivity contribution in [1.82, 2.24) is 5.32 Å². The number of amides is 1. The van der Waals surface area contributed by atoms with Crippen molar-refractivity contribution >= 4 is 17.6 Å². The van der Waals surface area contributed by atoms with Crippen LogP contribution in [0.2, 0.25) is 0 Å². The predicted molar refractivity (Wildman–Crippen MR) is 80.7 cm³/mol. The molecule has 0 heterocycles. The number of anilines is 1. The van der Waals surface area contributed by atoms with Crippen molar-refractivity contribution in [2.45, 2.75) is 44.6 Å². The highest BCUT2D eigenvalue weighted by Crippen LogP contribution is 2.24. The van der Waals surface area contributed by atoms with Gasteiger partial charge in [-0.3, -0.25) is 9.59 Å². The zero-order valence-corrected chi connectivity index (χ0v) is 12.0. The molecule has 0 bridgehead atoms. The zero-order valence-electron chi connectivity index (χ0n) is 12.0. The van der Waals surface area contributed by atoms with Gasteiger partial charge in [-0.25, -0.2) is 0 Å². The average Bonchev–Trinajstić information content (AvgIpc) is 2.64. The Labute approximate surface area is 124 Å². The maximum atomic E-state index is 12.1. The van der Waals surface area contributed by atoms with E-state index in [2.05, 4.69) is 5.32 Å². The van der Waals surface area contributed by atoms with E-state index in [0.29, 0.717) is 12.1 Å². The molecule has 5 heteroatoms. The predicted octanol–water partition coefficient (Wildman–Crippen LogP) is 1.96. The zero-order chi connectivity index (χ0) is 15.2. The third-order valence-corrected chi connectivity index (χ3v) is 4.00. The summed E-state index contributed by atoms with van der Waals surface area (Å²) in [5.41, 5.74) is 7.16. The number of nitrogens with one attached hydrogen (secondary N) is 1. The van der Waals surface area contributed by atoms with E-state index in [1.165, 1.54) is 0 Å². The molecule has 1 saturated carbocycles. The van der Waals surface area contributed by atoms with Gasteiger partial charge < -0.3 is 16.2 Å². The van der Waals surface area contributed by atoms with Crippen LogP contribution in [0.5, 0.6) is 0 Å². The molecule has 1 fully saturated rings. The molecule has 1 amide bonds. The van der Waals surface area contributed by atoms with E-state index < -0.39 is 11.9 Å². The van der Waals surface area contributed by atoms with Gasteiger partial charge in [0.2, 0.25) is 5.91 Å². The molecule has 114 valence electrons. The molecule has 5 nitrogen and oxygen atoms in total. The number of carbonyl (C=O) groups is 2. The number of aliphatic carboxylic acids is 1. The Bertz CT molecular complexity index is 516. The van der Waals surface area contributed by atoms with Gasteiger partial charge in [0.25, 0.3) is 0 Å². The molecule has 1 aliphatic carbocycles. The lowest BCUT2D eigenvalue weighted by Crippen LogP contribution is -2.43. The molecular formula is C16H22N2O3. The molecule has 0 spiro atoms. The van der Waals surface area contributed by atoms with Gasteiger partial charge in [0.05, 0.1) is 12.3 Å². The van der Waals surface area contributed by atoms with Crippen LogP contribution < -0.4 is 11.1 Å². The normalized spacial score (nSPS) is 22.3. The minimum Gasteiger partial charge on any atom is -0.481 e. The van der Waals surface area contributed by atoms with Gasteiger partial charge >= 0.3 is 5.97 Å². The first-order valence-corrected chi connectivity index (χ1v) is 7.43. The molecule has 4 N–H and O–H groups in total. The molecule has 0 radical (unpaired) electrons. The van der Waals surface area contributed by atoms with Crippen LogP contribution >= 0.6 is 0 Å². The van der Waals surface area contributed by atoms with Crippen LogP contribution in [0.1, 0.15) is 37.7 Å². The molecule has 0 aromatic heterocycles. The summed E-state index contributed by atoms with van der Waals surface area (Å²) in [5.74, 6) is -1.43. The van der Waals surface area contributed by atoms with Crippen LogP contribution in [0.15, 0.2) is 24.3 Å². The number of rotatable bonds is 4. The van der Waals surface area contributed by atoms with Crippen LogP contribution in [-0.4, -0.2) is 23.0 Å². The second kappa shape index (κ2) is 7.11. The first-order valence-electron chi connectivity index (χ1n) is 7.43. The molecule has 2 rings (SSSR count). The Morgan fingerprint density at radius 3 is 2.71 bits per heavy atom. The summed E-state index contributed by atoms with van der Waals surface area (Å²) in [4.78, 5) is 23.5. The van der Waals surface area contributed by atoms with Crippen molar-refractivity contribution < 1.29 is 14.7 Å². The van der Waals surface area contributed by atoms with E-state index in [9.17, 15) is 14.7 Å². The average molecular weight is 290 g/mol. The lowest BCUT2D eigenvalue weighted by atomic mass is 9.94. The minimum absolute atomic E-state index is 0.140. The van der Waals surface area contributed by atoms with Gasteiger partial charge in [-0.1, -0.05) is 31.4 Å². The van der Waals surface area contributed by atoms with Crippen LogP contribution in [0.25, 0.3) is 0 Å². The largest absolute Gasteiger partial charge is 0.481 e. The van der Waals surface area contributed by atoms with E-state index in [4.69, 9.17) is 5.73 Å². The molecule has 2 atom stereocenters. The molecule has 21 heavy (non-hydrogen) atoms. The van der Waals surface area contributed by atoms with E-state index in [1.807, 2.05) is 12.1 Å². The Kier molecular flexibility index (Phi) is 5.20. The highest BCUT2D eigenvalue weighted by molar-refractivity contribution is 5.80. The van der Waals surface area contributed by atoms with Gasteiger partial charge in [0.15, 0.2) is 0 Å². The Balaban J connectivity index is 1.97. The van der Waals surface area contributed by atoms with Crippen molar-refractivity contribution in [1.29, 1.82) is 0 Å². The second-order valence-corrected chi connectivity index (χ2v) is 5.68. The lowest BCUT2D eigenvalue weighted by molar-refractivity contribution is -0.143. The first-order chi connectivity index (χ1) is 10.1. The summed E-state index contributed by atoms with van der Waals surface area (Å²) >= 11 is 0. The second-order valence-electron chi connectivity index (χ2n) is 5.68. The van der Waals surface area contributed by atoms with E-state index in [1.54, 1.807) is 12.1 Å². The quantitative estimate of drug-likeness (QED) is 0.584. The number of carbonyl (C=O) groups excluding carboxylic acids is 1. The number of nitrogens with two attached hydrogens (primary N) is 1.